The van der Waals surface area contributed by atoms with E-state index in [0.717, 1.165) is 4.73 Å². The number of benzene rings is 1. The molecule has 6 nitrogen and oxygen atoms in total. The van der Waals surface area contributed by atoms with Crippen LogP contribution in [0.1, 0.15) is 12.7 Å². The van der Waals surface area contributed by atoms with Crippen LogP contribution in [0.15, 0.2) is 29.1 Å². The van der Waals surface area contributed by atoms with Crippen molar-refractivity contribution in [1.29, 1.82) is 0 Å². The van der Waals surface area contributed by atoms with Crippen molar-refractivity contribution < 1.29 is 14.4 Å². The Morgan fingerprint density at radius 3 is 2.83 bits per heavy atom. The summed E-state index contributed by atoms with van der Waals surface area (Å²) in [5.41, 5.74) is 0.120. The number of aryl methyl sites for hydroxylation is 1. The molecule has 0 aliphatic rings. The van der Waals surface area contributed by atoms with Gasteiger partial charge in [-0.15, -0.1) is 4.73 Å². The van der Waals surface area contributed by atoms with Crippen LogP contribution in [0, 0.1) is 6.92 Å². The van der Waals surface area contributed by atoms with Crippen LogP contribution in [0.5, 0.6) is 0 Å². The van der Waals surface area contributed by atoms with Crippen molar-refractivity contribution in [2.75, 3.05) is 6.61 Å². The van der Waals surface area contributed by atoms with Crippen molar-refractivity contribution >= 4 is 17.1 Å². The normalized spacial score (nSPS) is 10.3. The predicted molar refractivity (Wildman–Crippen MR) is 64.3 cm³/mol. The molecule has 2 rings (SSSR count). The lowest BCUT2D eigenvalue weighted by Crippen LogP contribution is -2.33. The zero-order valence-electron chi connectivity index (χ0n) is 10.0. The molecule has 0 atom stereocenters. The molecule has 1 aromatic carbocycles. The molecular weight excluding hydrogens is 236 g/mol. The van der Waals surface area contributed by atoms with E-state index in [9.17, 15) is 9.59 Å². The number of nitrogens with zero attached hydrogens (tertiary/aromatic N) is 2. The molecule has 2 aromatic rings. The topological polar surface area (TPSA) is 70.4 Å². The van der Waals surface area contributed by atoms with E-state index in [1.54, 1.807) is 38.1 Å². The molecule has 0 fully saturated rings. The summed E-state index contributed by atoms with van der Waals surface area (Å²) in [7, 11) is 0. The molecule has 0 saturated carbocycles. The highest BCUT2D eigenvalue weighted by molar-refractivity contribution is 5.77. The smallest absolute Gasteiger partial charge is 0.433 e. The number of rotatable bonds is 2. The summed E-state index contributed by atoms with van der Waals surface area (Å²) in [5.74, 6) is 0.284. The fourth-order valence-electron chi connectivity index (χ4n) is 1.55. The van der Waals surface area contributed by atoms with Gasteiger partial charge >= 0.3 is 6.16 Å². The van der Waals surface area contributed by atoms with Gasteiger partial charge in [-0.3, -0.25) is 9.63 Å². The summed E-state index contributed by atoms with van der Waals surface area (Å²) < 4.78 is 5.45. The fourth-order valence-corrected chi connectivity index (χ4v) is 1.55. The third-order valence-electron chi connectivity index (χ3n) is 2.32. The molecule has 0 aliphatic heterocycles. The second kappa shape index (κ2) is 4.87. The molecule has 0 unspecified atom stereocenters. The first kappa shape index (κ1) is 12.1. The summed E-state index contributed by atoms with van der Waals surface area (Å²) in [4.78, 5) is 32.3. The number of ether oxygens (including phenoxy) is 1. The summed E-state index contributed by atoms with van der Waals surface area (Å²) in [6.45, 7) is 3.40. The van der Waals surface area contributed by atoms with E-state index in [1.165, 1.54) is 0 Å². The van der Waals surface area contributed by atoms with E-state index in [0.29, 0.717) is 10.9 Å². The number of aromatic nitrogens is 2. The Bertz CT molecular complexity index is 648. The van der Waals surface area contributed by atoms with Crippen molar-refractivity contribution in [3.05, 3.63) is 40.4 Å². The summed E-state index contributed by atoms with van der Waals surface area (Å²) in [6, 6.07) is 6.84. The van der Waals surface area contributed by atoms with Crippen LogP contribution in [-0.2, 0) is 4.74 Å². The van der Waals surface area contributed by atoms with Gasteiger partial charge in [-0.05, 0) is 26.0 Å². The molecule has 0 N–H and O–H groups in total. The van der Waals surface area contributed by atoms with Gasteiger partial charge in [0.05, 0.1) is 17.5 Å². The van der Waals surface area contributed by atoms with Crippen molar-refractivity contribution in [2.45, 2.75) is 13.8 Å². The highest BCUT2D eigenvalue weighted by Gasteiger charge is 2.12. The van der Waals surface area contributed by atoms with E-state index in [4.69, 9.17) is 4.84 Å². The van der Waals surface area contributed by atoms with Crippen molar-refractivity contribution in [3.63, 3.8) is 0 Å². The quantitative estimate of drug-likeness (QED) is 0.749. The Kier molecular flexibility index (Phi) is 3.27. The standard InChI is InChI=1S/C12H12N2O4/c1-3-17-12(16)18-14-8(2)13-10-7-5-4-6-9(10)11(14)15/h4-7H,3H2,1-2H3. The zero-order valence-corrected chi connectivity index (χ0v) is 10.0. The minimum absolute atomic E-state index is 0.174. The lowest BCUT2D eigenvalue weighted by molar-refractivity contribution is 0.0459. The Morgan fingerprint density at radius 1 is 1.39 bits per heavy atom. The highest BCUT2D eigenvalue weighted by atomic mass is 16.8. The maximum absolute atomic E-state index is 12.1. The van der Waals surface area contributed by atoms with Gasteiger partial charge in [0.25, 0.3) is 5.56 Å². The molecule has 0 aliphatic carbocycles. The second-order valence-electron chi connectivity index (χ2n) is 3.55. The number of carbonyl (C=O) groups is 1. The molecule has 0 bridgehead atoms. The number of hydrogen-bond acceptors (Lipinski definition) is 5. The first-order valence-corrected chi connectivity index (χ1v) is 5.47. The summed E-state index contributed by atoms with van der Waals surface area (Å²) in [5, 5.41) is 0.382. The van der Waals surface area contributed by atoms with Gasteiger partial charge in [-0.1, -0.05) is 12.1 Å². The van der Waals surface area contributed by atoms with Crippen LogP contribution in [0.2, 0.25) is 0 Å². The largest absolute Gasteiger partial charge is 0.533 e. The van der Waals surface area contributed by atoms with Crippen molar-refractivity contribution in [3.8, 4) is 0 Å². The first-order valence-electron chi connectivity index (χ1n) is 5.47. The van der Waals surface area contributed by atoms with Gasteiger partial charge in [0, 0.05) is 0 Å². The van der Waals surface area contributed by atoms with Crippen LogP contribution in [0.4, 0.5) is 4.79 Å². The molecule has 0 amide bonds. The molecule has 94 valence electrons. The maximum Gasteiger partial charge on any atom is 0.533 e. The third kappa shape index (κ3) is 2.17. The van der Waals surface area contributed by atoms with Gasteiger partial charge in [-0.25, -0.2) is 9.78 Å². The Hall–Kier alpha value is -2.37. The molecule has 18 heavy (non-hydrogen) atoms. The maximum atomic E-state index is 12.1. The number of hydrogen-bond donors (Lipinski definition) is 0. The van der Waals surface area contributed by atoms with E-state index in [1.807, 2.05) is 0 Å². The van der Waals surface area contributed by atoms with Crippen LogP contribution in [-0.4, -0.2) is 22.5 Å². The highest BCUT2D eigenvalue weighted by Crippen LogP contribution is 2.06. The molecule has 1 aromatic heterocycles. The average molecular weight is 248 g/mol. The lowest BCUT2D eigenvalue weighted by atomic mass is 10.2. The second-order valence-corrected chi connectivity index (χ2v) is 3.55. The summed E-state index contributed by atoms with van der Waals surface area (Å²) in [6.07, 6.45) is -0.931. The SMILES string of the molecule is CCOC(=O)On1c(C)nc2ccccc2c1=O. The minimum Gasteiger partial charge on any atom is -0.433 e. The van der Waals surface area contributed by atoms with Crippen LogP contribution >= 0.6 is 0 Å². The van der Waals surface area contributed by atoms with Crippen LogP contribution < -0.4 is 10.4 Å². The number of fused-ring (bicyclic) bond motifs is 1. The Morgan fingerprint density at radius 2 is 2.11 bits per heavy atom. The van der Waals surface area contributed by atoms with Gasteiger partial charge in [0.1, 0.15) is 5.82 Å². The van der Waals surface area contributed by atoms with Gasteiger partial charge < -0.3 is 4.74 Å². The molecular formula is C12H12N2O4. The van der Waals surface area contributed by atoms with E-state index < -0.39 is 11.7 Å². The van der Waals surface area contributed by atoms with E-state index in [-0.39, 0.29) is 12.4 Å². The minimum atomic E-state index is -0.931. The predicted octanol–water partition coefficient (Wildman–Crippen LogP) is 1.29. The third-order valence-corrected chi connectivity index (χ3v) is 2.32. The average Bonchev–Trinajstić information content (AvgIpc) is 2.35. The Balaban J connectivity index is 2.51. The number of para-hydroxylation sites is 1. The van der Waals surface area contributed by atoms with Crippen molar-refractivity contribution in [1.82, 2.24) is 9.71 Å². The first-order chi connectivity index (χ1) is 8.63. The van der Waals surface area contributed by atoms with Crippen LogP contribution in [0.25, 0.3) is 10.9 Å². The van der Waals surface area contributed by atoms with Crippen molar-refractivity contribution in [2.24, 2.45) is 0 Å². The van der Waals surface area contributed by atoms with Gasteiger partial charge in [0.15, 0.2) is 0 Å². The summed E-state index contributed by atoms with van der Waals surface area (Å²) >= 11 is 0. The number of carbonyl (C=O) groups excluding carboxylic acids is 1. The van der Waals surface area contributed by atoms with Crippen LogP contribution in [0.3, 0.4) is 0 Å². The molecule has 0 saturated heterocycles. The molecule has 0 radical (unpaired) electrons. The monoisotopic (exact) mass is 248 g/mol. The fraction of sp³-hybridized carbons (Fsp3) is 0.250. The van der Waals surface area contributed by atoms with E-state index in [2.05, 4.69) is 9.72 Å². The van der Waals surface area contributed by atoms with E-state index >= 15 is 0 Å². The Labute approximate surface area is 103 Å². The zero-order chi connectivity index (χ0) is 13.1. The van der Waals surface area contributed by atoms with Gasteiger partial charge in [0.2, 0.25) is 0 Å². The molecule has 6 heteroatoms. The van der Waals surface area contributed by atoms with Gasteiger partial charge in [-0.2, -0.15) is 0 Å². The lowest BCUT2D eigenvalue weighted by Gasteiger charge is -2.09. The molecule has 0 spiro atoms. The molecule has 1 heterocycles.